The average molecular weight is 483 g/mol. The summed E-state index contributed by atoms with van der Waals surface area (Å²) in [5.74, 6) is 2.93. The molecular weight excluding hydrogens is 455 g/mol. The molecule has 0 atom stereocenters. The maximum atomic E-state index is 6.03. The van der Waals surface area contributed by atoms with E-state index in [-0.39, 0.29) is 0 Å². The molecule has 28 heavy (non-hydrogen) atoms. The van der Waals surface area contributed by atoms with E-state index < -0.39 is 19.8 Å². The van der Waals surface area contributed by atoms with Crippen molar-refractivity contribution in [2.45, 2.75) is 20.8 Å². The molecule has 3 nitrogen and oxygen atoms in total. The molecule has 0 heterocycles. The Morgan fingerprint density at radius 1 is 0.500 bits per heavy atom. The molecule has 0 fully saturated rings. The monoisotopic (exact) mass is 484 g/mol. The van der Waals surface area contributed by atoms with Crippen LogP contribution in [0.4, 0.5) is 0 Å². The van der Waals surface area contributed by atoms with Gasteiger partial charge in [-0.25, -0.2) is 0 Å². The Labute approximate surface area is 175 Å². The Bertz CT molecular complexity index is 777. The third-order valence-electron chi connectivity index (χ3n) is 4.59. The fourth-order valence-electron chi connectivity index (χ4n) is 3.52. The van der Waals surface area contributed by atoms with Crippen LogP contribution in [-0.2, 0) is 0 Å². The van der Waals surface area contributed by atoms with Crippen molar-refractivity contribution in [3.05, 3.63) is 72.8 Å². The van der Waals surface area contributed by atoms with E-state index in [2.05, 4.69) is 54.6 Å². The van der Waals surface area contributed by atoms with E-state index in [0.29, 0.717) is 19.8 Å². The van der Waals surface area contributed by atoms with Crippen LogP contribution in [0.1, 0.15) is 20.8 Å². The Kier molecular flexibility index (Phi) is 7.66. The molecule has 0 aliphatic heterocycles. The first kappa shape index (κ1) is 20.6. The molecule has 0 bridgehead atoms. The van der Waals surface area contributed by atoms with E-state index in [0.717, 1.165) is 17.2 Å². The molecule has 0 spiro atoms. The van der Waals surface area contributed by atoms with Crippen LogP contribution in [0, 0.1) is 0 Å². The van der Waals surface area contributed by atoms with Crippen molar-refractivity contribution in [2.75, 3.05) is 19.8 Å². The van der Waals surface area contributed by atoms with Gasteiger partial charge in [0.15, 0.2) is 0 Å². The second kappa shape index (κ2) is 10.4. The van der Waals surface area contributed by atoms with Gasteiger partial charge in [-0.3, -0.25) is 0 Å². The molecule has 0 radical (unpaired) electrons. The number of hydrogen-bond donors (Lipinski definition) is 0. The molecule has 0 unspecified atom stereocenters. The zero-order valence-electron chi connectivity index (χ0n) is 16.9. The minimum atomic E-state index is -2.84. The summed E-state index contributed by atoms with van der Waals surface area (Å²) in [5, 5.41) is 0. The van der Waals surface area contributed by atoms with Gasteiger partial charge in [0.25, 0.3) is 0 Å². The van der Waals surface area contributed by atoms with Crippen LogP contribution >= 0.6 is 0 Å². The first-order valence-corrected chi connectivity index (χ1v) is 14.9. The van der Waals surface area contributed by atoms with Gasteiger partial charge in [0.2, 0.25) is 0 Å². The summed E-state index contributed by atoms with van der Waals surface area (Å²) in [5.41, 5.74) is 0. The number of benzene rings is 3. The SMILES string of the molecule is CCOc1cccc[c]1[SnH]([c]1ccccc1OCC)[c]1ccccc1OCC. The molecule has 0 aliphatic rings. The third kappa shape index (κ3) is 4.64. The second-order valence-corrected chi connectivity index (χ2v) is 14.1. The van der Waals surface area contributed by atoms with Crippen molar-refractivity contribution in [3.63, 3.8) is 0 Å². The molecular formula is C24H28O3Sn. The molecule has 0 N–H and O–H groups in total. The van der Waals surface area contributed by atoms with E-state index in [4.69, 9.17) is 14.2 Å². The number of rotatable bonds is 9. The quantitative estimate of drug-likeness (QED) is 0.438. The van der Waals surface area contributed by atoms with Crippen LogP contribution < -0.4 is 24.9 Å². The second-order valence-electron chi connectivity index (χ2n) is 6.35. The first-order valence-electron chi connectivity index (χ1n) is 9.95. The van der Waals surface area contributed by atoms with Crippen LogP contribution in [0.2, 0.25) is 0 Å². The van der Waals surface area contributed by atoms with Gasteiger partial charge >= 0.3 is 175 Å². The summed E-state index contributed by atoms with van der Waals surface area (Å²) in [6.07, 6.45) is 0. The van der Waals surface area contributed by atoms with Gasteiger partial charge in [0.05, 0.1) is 0 Å². The Balaban J connectivity index is 2.25. The molecule has 4 heteroatoms. The van der Waals surface area contributed by atoms with Crippen molar-refractivity contribution in [1.29, 1.82) is 0 Å². The van der Waals surface area contributed by atoms with E-state index in [1.165, 1.54) is 10.7 Å². The topological polar surface area (TPSA) is 27.7 Å². The first-order chi connectivity index (χ1) is 13.8. The molecule has 146 valence electrons. The standard InChI is InChI=1S/3C8H9O.Sn.H/c3*1-2-9-8-6-4-3-5-7-8;;/h3*3-6H,2H2,1H3;;. The van der Waals surface area contributed by atoms with Crippen LogP contribution in [-0.4, -0.2) is 39.6 Å². The minimum absolute atomic E-state index is 0.649. The Morgan fingerprint density at radius 3 is 1.07 bits per heavy atom. The molecule has 3 rings (SSSR count). The summed E-state index contributed by atoms with van der Waals surface area (Å²) in [6.45, 7) is 8.04. The van der Waals surface area contributed by atoms with Gasteiger partial charge in [0.1, 0.15) is 0 Å². The number of para-hydroxylation sites is 3. The molecule has 3 aromatic rings. The van der Waals surface area contributed by atoms with E-state index >= 15 is 0 Å². The number of ether oxygens (including phenoxy) is 3. The van der Waals surface area contributed by atoms with Crippen molar-refractivity contribution >= 4 is 30.5 Å². The van der Waals surface area contributed by atoms with Gasteiger partial charge in [-0.05, 0) is 0 Å². The normalized spacial score (nSPS) is 10.7. The zero-order chi connectivity index (χ0) is 19.8. The van der Waals surface area contributed by atoms with Crippen LogP contribution in [0.25, 0.3) is 0 Å². The summed E-state index contributed by atoms with van der Waals surface area (Å²) in [7, 11) is 0. The van der Waals surface area contributed by atoms with Gasteiger partial charge in [-0.2, -0.15) is 0 Å². The van der Waals surface area contributed by atoms with Crippen molar-refractivity contribution in [1.82, 2.24) is 0 Å². The van der Waals surface area contributed by atoms with Crippen molar-refractivity contribution in [2.24, 2.45) is 0 Å². The van der Waals surface area contributed by atoms with Crippen molar-refractivity contribution < 1.29 is 14.2 Å². The Hall–Kier alpha value is -2.14. The predicted octanol–water partition coefficient (Wildman–Crippen LogP) is 3.13. The van der Waals surface area contributed by atoms with Gasteiger partial charge in [-0.15, -0.1) is 0 Å². The van der Waals surface area contributed by atoms with Crippen molar-refractivity contribution in [3.8, 4) is 17.2 Å². The summed E-state index contributed by atoms with van der Waals surface area (Å²) in [6, 6.07) is 25.3. The third-order valence-corrected chi connectivity index (χ3v) is 14.0. The summed E-state index contributed by atoms with van der Waals surface area (Å²) < 4.78 is 22.0. The summed E-state index contributed by atoms with van der Waals surface area (Å²) in [4.78, 5) is 0. The molecule has 0 saturated carbocycles. The zero-order valence-corrected chi connectivity index (χ0v) is 20.1. The van der Waals surface area contributed by atoms with Crippen LogP contribution in [0.5, 0.6) is 17.2 Å². The van der Waals surface area contributed by atoms with E-state index in [9.17, 15) is 0 Å². The fourth-order valence-corrected chi connectivity index (χ4v) is 13.0. The molecule has 0 aliphatic carbocycles. The average Bonchev–Trinajstić information content (AvgIpc) is 2.72. The molecule has 0 amide bonds. The Morgan fingerprint density at radius 2 is 0.786 bits per heavy atom. The van der Waals surface area contributed by atoms with Gasteiger partial charge in [0, 0.05) is 0 Å². The van der Waals surface area contributed by atoms with E-state index in [1.54, 1.807) is 0 Å². The van der Waals surface area contributed by atoms with Gasteiger partial charge < -0.3 is 0 Å². The molecule has 3 aromatic carbocycles. The fraction of sp³-hybridized carbons (Fsp3) is 0.250. The van der Waals surface area contributed by atoms with Crippen LogP contribution in [0.3, 0.4) is 0 Å². The molecule has 0 saturated heterocycles. The maximum absolute atomic E-state index is 6.03. The van der Waals surface area contributed by atoms with Crippen LogP contribution in [0.15, 0.2) is 72.8 Å². The van der Waals surface area contributed by atoms with Gasteiger partial charge in [-0.1, -0.05) is 0 Å². The molecule has 0 aromatic heterocycles. The predicted molar refractivity (Wildman–Crippen MR) is 119 cm³/mol. The number of hydrogen-bond acceptors (Lipinski definition) is 3. The summed E-state index contributed by atoms with van der Waals surface area (Å²) >= 11 is -2.84. The van der Waals surface area contributed by atoms with E-state index in [1.807, 2.05) is 39.0 Å².